The van der Waals surface area contributed by atoms with Crippen molar-refractivity contribution < 1.29 is 8.42 Å². The molecule has 1 heterocycles. The fraction of sp³-hybridized carbons (Fsp3) is 0.400. The molecule has 0 saturated heterocycles. The van der Waals surface area contributed by atoms with Crippen LogP contribution in [-0.2, 0) is 9.84 Å². The highest BCUT2D eigenvalue weighted by molar-refractivity contribution is 7.90. The standard InChI is InChI=1S/C15H19N3O2S/c1-21(19,20)14-8-6-12(7-9-14)17-15-10-11-16-18(15)13-4-2-3-5-13/h6-11,13,17H,2-5H2,1H3. The molecule has 3 rings (SSSR count). The Morgan fingerprint density at radius 2 is 1.81 bits per heavy atom. The average molecular weight is 305 g/mol. The molecule has 112 valence electrons. The minimum Gasteiger partial charge on any atom is -0.340 e. The van der Waals surface area contributed by atoms with Crippen LogP contribution in [0.3, 0.4) is 0 Å². The first-order chi connectivity index (χ1) is 10.0. The second-order valence-electron chi connectivity index (χ2n) is 5.52. The van der Waals surface area contributed by atoms with E-state index in [-0.39, 0.29) is 0 Å². The fourth-order valence-corrected chi connectivity index (χ4v) is 3.42. The monoisotopic (exact) mass is 305 g/mol. The van der Waals surface area contributed by atoms with E-state index in [1.54, 1.807) is 30.5 Å². The number of hydrogen-bond acceptors (Lipinski definition) is 4. The summed E-state index contributed by atoms with van der Waals surface area (Å²) < 4.78 is 24.9. The number of anilines is 2. The van der Waals surface area contributed by atoms with Crippen LogP contribution in [0.25, 0.3) is 0 Å². The van der Waals surface area contributed by atoms with E-state index in [1.807, 2.05) is 10.7 Å². The van der Waals surface area contributed by atoms with E-state index in [0.29, 0.717) is 10.9 Å². The summed E-state index contributed by atoms with van der Waals surface area (Å²) in [7, 11) is -3.15. The van der Waals surface area contributed by atoms with Crippen LogP contribution in [0.4, 0.5) is 11.5 Å². The lowest BCUT2D eigenvalue weighted by atomic mass is 10.2. The van der Waals surface area contributed by atoms with E-state index in [2.05, 4.69) is 10.4 Å². The van der Waals surface area contributed by atoms with E-state index in [1.165, 1.54) is 31.9 Å². The van der Waals surface area contributed by atoms with Gasteiger partial charge in [0.05, 0.1) is 17.1 Å². The van der Waals surface area contributed by atoms with Crippen molar-refractivity contribution in [3.8, 4) is 0 Å². The third-order valence-electron chi connectivity index (χ3n) is 3.90. The zero-order valence-corrected chi connectivity index (χ0v) is 12.8. The molecule has 1 aromatic heterocycles. The Bertz CT molecular complexity index is 714. The zero-order chi connectivity index (χ0) is 14.9. The quantitative estimate of drug-likeness (QED) is 0.942. The van der Waals surface area contributed by atoms with Gasteiger partial charge in [-0.3, -0.25) is 0 Å². The van der Waals surface area contributed by atoms with Crippen molar-refractivity contribution in [1.82, 2.24) is 9.78 Å². The Labute approximate surface area is 124 Å². The number of rotatable bonds is 4. The molecular formula is C15H19N3O2S. The molecule has 1 saturated carbocycles. The van der Waals surface area contributed by atoms with Gasteiger partial charge in [-0.15, -0.1) is 0 Å². The van der Waals surface area contributed by atoms with Gasteiger partial charge in [-0.2, -0.15) is 5.10 Å². The first-order valence-corrected chi connectivity index (χ1v) is 9.04. The highest BCUT2D eigenvalue weighted by Gasteiger charge is 2.19. The maximum atomic E-state index is 11.5. The lowest BCUT2D eigenvalue weighted by Gasteiger charge is -2.15. The summed E-state index contributed by atoms with van der Waals surface area (Å²) in [5.41, 5.74) is 0.863. The van der Waals surface area contributed by atoms with Crippen molar-refractivity contribution in [2.75, 3.05) is 11.6 Å². The van der Waals surface area contributed by atoms with Gasteiger partial charge in [0.2, 0.25) is 0 Å². The first-order valence-electron chi connectivity index (χ1n) is 7.15. The largest absolute Gasteiger partial charge is 0.340 e. The van der Waals surface area contributed by atoms with Crippen LogP contribution in [0.15, 0.2) is 41.4 Å². The molecular weight excluding hydrogens is 286 g/mol. The highest BCUT2D eigenvalue weighted by atomic mass is 32.2. The Balaban J connectivity index is 1.79. The van der Waals surface area contributed by atoms with Crippen LogP contribution >= 0.6 is 0 Å². The maximum Gasteiger partial charge on any atom is 0.175 e. The van der Waals surface area contributed by atoms with Gasteiger partial charge in [-0.1, -0.05) is 12.8 Å². The Kier molecular flexibility index (Phi) is 3.71. The second kappa shape index (κ2) is 5.52. The van der Waals surface area contributed by atoms with Crippen molar-refractivity contribution in [2.24, 2.45) is 0 Å². The molecule has 0 amide bonds. The molecule has 1 fully saturated rings. The van der Waals surface area contributed by atoms with Crippen molar-refractivity contribution in [3.05, 3.63) is 36.5 Å². The van der Waals surface area contributed by atoms with Crippen molar-refractivity contribution >= 4 is 21.3 Å². The van der Waals surface area contributed by atoms with Crippen molar-refractivity contribution in [2.45, 2.75) is 36.6 Å². The molecule has 21 heavy (non-hydrogen) atoms. The smallest absolute Gasteiger partial charge is 0.175 e. The summed E-state index contributed by atoms with van der Waals surface area (Å²) in [6, 6.07) is 9.22. The normalized spacial score (nSPS) is 16.2. The number of hydrogen-bond donors (Lipinski definition) is 1. The summed E-state index contributed by atoms with van der Waals surface area (Å²) in [5.74, 6) is 0.953. The maximum absolute atomic E-state index is 11.5. The topological polar surface area (TPSA) is 64.0 Å². The van der Waals surface area contributed by atoms with Gasteiger partial charge < -0.3 is 5.32 Å². The van der Waals surface area contributed by atoms with Gasteiger partial charge >= 0.3 is 0 Å². The third kappa shape index (κ3) is 3.10. The SMILES string of the molecule is CS(=O)(=O)c1ccc(Nc2ccnn2C2CCCC2)cc1. The lowest BCUT2D eigenvalue weighted by molar-refractivity contribution is 0.473. The second-order valence-corrected chi connectivity index (χ2v) is 7.54. The van der Waals surface area contributed by atoms with Gasteiger partial charge in [0.25, 0.3) is 0 Å². The molecule has 6 heteroatoms. The molecule has 1 aliphatic rings. The molecule has 0 aliphatic heterocycles. The molecule has 0 bridgehead atoms. The minimum atomic E-state index is -3.15. The van der Waals surface area contributed by atoms with Gasteiger partial charge in [0.1, 0.15) is 5.82 Å². The molecule has 0 radical (unpaired) electrons. The van der Waals surface area contributed by atoms with Gasteiger partial charge in [-0.05, 0) is 37.1 Å². The zero-order valence-electron chi connectivity index (χ0n) is 12.0. The van der Waals surface area contributed by atoms with Crippen molar-refractivity contribution in [1.29, 1.82) is 0 Å². The van der Waals surface area contributed by atoms with Crippen LogP contribution < -0.4 is 5.32 Å². The molecule has 1 aromatic carbocycles. The van der Waals surface area contributed by atoms with Crippen LogP contribution in [0.2, 0.25) is 0 Å². The van der Waals surface area contributed by atoms with Crippen LogP contribution in [0.5, 0.6) is 0 Å². The van der Waals surface area contributed by atoms with E-state index in [9.17, 15) is 8.42 Å². The number of benzene rings is 1. The molecule has 2 aromatic rings. The summed E-state index contributed by atoms with van der Waals surface area (Å²) >= 11 is 0. The van der Waals surface area contributed by atoms with Crippen LogP contribution in [0.1, 0.15) is 31.7 Å². The van der Waals surface area contributed by atoms with E-state index >= 15 is 0 Å². The van der Waals surface area contributed by atoms with Crippen LogP contribution in [-0.4, -0.2) is 24.5 Å². The minimum absolute atomic E-state index is 0.331. The Hall–Kier alpha value is -1.82. The number of nitrogens with zero attached hydrogens (tertiary/aromatic N) is 2. The summed E-state index contributed by atoms with van der Waals surface area (Å²) in [6.45, 7) is 0. The molecule has 0 atom stereocenters. The van der Waals surface area contributed by atoms with Crippen LogP contribution in [0, 0.1) is 0 Å². The summed E-state index contributed by atoms with van der Waals surface area (Å²) in [6.07, 6.45) is 7.86. The Morgan fingerprint density at radius 1 is 1.14 bits per heavy atom. The predicted octanol–water partition coefficient (Wildman–Crippen LogP) is 3.15. The molecule has 1 N–H and O–H groups in total. The molecule has 1 aliphatic carbocycles. The highest BCUT2D eigenvalue weighted by Crippen LogP contribution is 2.32. The molecule has 5 nitrogen and oxygen atoms in total. The summed E-state index contributed by atoms with van der Waals surface area (Å²) in [4.78, 5) is 0.331. The van der Waals surface area contributed by atoms with E-state index in [0.717, 1.165) is 11.5 Å². The summed E-state index contributed by atoms with van der Waals surface area (Å²) in [5, 5.41) is 7.72. The predicted molar refractivity (Wildman–Crippen MR) is 82.6 cm³/mol. The van der Waals surface area contributed by atoms with E-state index in [4.69, 9.17) is 0 Å². The van der Waals surface area contributed by atoms with E-state index < -0.39 is 9.84 Å². The third-order valence-corrected chi connectivity index (χ3v) is 5.02. The van der Waals surface area contributed by atoms with Gasteiger partial charge in [0, 0.05) is 18.0 Å². The molecule has 0 spiro atoms. The van der Waals surface area contributed by atoms with Crippen molar-refractivity contribution in [3.63, 3.8) is 0 Å². The number of nitrogens with one attached hydrogen (secondary N) is 1. The number of aromatic nitrogens is 2. The number of sulfone groups is 1. The van der Waals surface area contributed by atoms with Gasteiger partial charge in [0.15, 0.2) is 9.84 Å². The lowest BCUT2D eigenvalue weighted by Crippen LogP contribution is -2.09. The van der Waals surface area contributed by atoms with Gasteiger partial charge in [-0.25, -0.2) is 13.1 Å². The Morgan fingerprint density at radius 3 is 2.43 bits per heavy atom. The first kappa shape index (κ1) is 14.1. The fourth-order valence-electron chi connectivity index (χ4n) is 2.79. The average Bonchev–Trinajstić information content (AvgIpc) is 3.08. The molecule has 0 unspecified atom stereocenters.